The molecule has 0 atom stereocenters. The molecule has 0 aliphatic rings. The average molecular weight is 419 g/mol. The van der Waals surface area contributed by atoms with Gasteiger partial charge in [0.25, 0.3) is 0 Å². The van der Waals surface area contributed by atoms with Gasteiger partial charge in [0.15, 0.2) is 5.82 Å². The molecule has 1 aromatic carbocycles. The lowest BCUT2D eigenvalue weighted by Crippen LogP contribution is -2.10. The molecular weight excluding hydrogens is 398 g/mol. The first kappa shape index (κ1) is 20.3. The molecule has 3 heterocycles. The standard InChI is InChI=1S/C23H21N3O5/c1-4-29-23(28)21-18(17-7-5-6-8-19(17)31-21)13-30-22(27)16-9-10-20(24-12-16)26-15(3)11-14(2)25-26/h5-12H,4,13H2,1-3H3. The Balaban J connectivity index is 1.53. The fourth-order valence-electron chi connectivity index (χ4n) is 3.32. The maximum Gasteiger partial charge on any atom is 0.374 e. The normalized spacial score (nSPS) is 10.9. The van der Waals surface area contributed by atoms with Gasteiger partial charge in [0.05, 0.1) is 23.4 Å². The number of furan rings is 1. The number of fused-ring (bicyclic) bond motifs is 1. The monoisotopic (exact) mass is 419 g/mol. The van der Waals surface area contributed by atoms with E-state index in [1.165, 1.54) is 6.20 Å². The van der Waals surface area contributed by atoms with Gasteiger partial charge in [0.2, 0.25) is 5.76 Å². The van der Waals surface area contributed by atoms with Crippen LogP contribution in [0.25, 0.3) is 16.8 Å². The topological polar surface area (TPSA) is 96.5 Å². The Kier molecular flexibility index (Phi) is 5.53. The van der Waals surface area contributed by atoms with Crippen LogP contribution >= 0.6 is 0 Å². The number of para-hydroxylation sites is 1. The number of nitrogens with zero attached hydrogens (tertiary/aromatic N) is 3. The quantitative estimate of drug-likeness (QED) is 0.433. The van der Waals surface area contributed by atoms with Crippen LogP contribution in [-0.4, -0.2) is 33.3 Å². The molecule has 8 nitrogen and oxygen atoms in total. The minimum atomic E-state index is -0.597. The van der Waals surface area contributed by atoms with Crippen LogP contribution in [0.2, 0.25) is 0 Å². The Morgan fingerprint density at radius 1 is 1.06 bits per heavy atom. The van der Waals surface area contributed by atoms with E-state index < -0.39 is 11.9 Å². The number of carbonyl (C=O) groups is 2. The average Bonchev–Trinajstić information content (AvgIpc) is 3.31. The predicted octanol–water partition coefficient (Wildman–Crippen LogP) is 4.16. The highest BCUT2D eigenvalue weighted by molar-refractivity contribution is 5.96. The first-order chi connectivity index (χ1) is 15.0. The first-order valence-electron chi connectivity index (χ1n) is 9.82. The summed E-state index contributed by atoms with van der Waals surface area (Å²) in [6, 6.07) is 12.4. The van der Waals surface area contributed by atoms with Crippen molar-refractivity contribution in [2.75, 3.05) is 6.61 Å². The molecule has 0 amide bonds. The van der Waals surface area contributed by atoms with Gasteiger partial charge in [0.1, 0.15) is 12.2 Å². The summed E-state index contributed by atoms with van der Waals surface area (Å²) in [4.78, 5) is 29.2. The number of carbonyl (C=O) groups excluding carboxylic acids is 2. The fourth-order valence-corrected chi connectivity index (χ4v) is 3.32. The predicted molar refractivity (Wildman–Crippen MR) is 112 cm³/mol. The van der Waals surface area contributed by atoms with E-state index in [1.54, 1.807) is 41.9 Å². The minimum absolute atomic E-state index is 0.0360. The highest BCUT2D eigenvalue weighted by Gasteiger charge is 2.23. The summed E-state index contributed by atoms with van der Waals surface area (Å²) in [5.41, 5.74) is 3.10. The number of ether oxygens (including phenoxy) is 2. The lowest BCUT2D eigenvalue weighted by molar-refractivity contribution is 0.0435. The molecule has 0 aliphatic heterocycles. The van der Waals surface area contributed by atoms with Gasteiger partial charge in [-0.1, -0.05) is 18.2 Å². The molecule has 0 unspecified atom stereocenters. The van der Waals surface area contributed by atoms with Gasteiger partial charge in [-0.15, -0.1) is 0 Å². The van der Waals surface area contributed by atoms with E-state index in [4.69, 9.17) is 13.9 Å². The number of aryl methyl sites for hydroxylation is 2. The van der Waals surface area contributed by atoms with Crippen molar-refractivity contribution in [1.82, 2.24) is 14.8 Å². The highest BCUT2D eigenvalue weighted by atomic mass is 16.5. The summed E-state index contributed by atoms with van der Waals surface area (Å²) < 4.78 is 17.9. The Morgan fingerprint density at radius 2 is 1.87 bits per heavy atom. The van der Waals surface area contributed by atoms with Crippen LogP contribution in [0.5, 0.6) is 0 Å². The second kappa shape index (κ2) is 8.43. The van der Waals surface area contributed by atoms with Gasteiger partial charge in [-0.05, 0) is 45.0 Å². The number of benzene rings is 1. The van der Waals surface area contributed by atoms with Crippen LogP contribution < -0.4 is 0 Å². The summed E-state index contributed by atoms with van der Waals surface area (Å²) in [6.45, 7) is 5.62. The minimum Gasteiger partial charge on any atom is -0.460 e. The molecule has 8 heteroatoms. The van der Waals surface area contributed by atoms with Crippen molar-refractivity contribution in [1.29, 1.82) is 0 Å². The maximum atomic E-state index is 12.6. The molecule has 0 radical (unpaired) electrons. The summed E-state index contributed by atoms with van der Waals surface area (Å²) in [5.74, 6) is -0.519. The first-order valence-corrected chi connectivity index (χ1v) is 9.82. The summed E-state index contributed by atoms with van der Waals surface area (Å²) >= 11 is 0. The summed E-state index contributed by atoms with van der Waals surface area (Å²) in [5, 5.41) is 5.07. The van der Waals surface area contributed by atoms with Crippen molar-refractivity contribution in [2.45, 2.75) is 27.4 Å². The zero-order chi connectivity index (χ0) is 22.0. The van der Waals surface area contributed by atoms with E-state index in [-0.39, 0.29) is 24.5 Å². The number of rotatable bonds is 6. The molecule has 4 rings (SSSR count). The third kappa shape index (κ3) is 4.05. The van der Waals surface area contributed by atoms with E-state index in [0.717, 1.165) is 11.4 Å². The number of hydrogen-bond acceptors (Lipinski definition) is 7. The zero-order valence-corrected chi connectivity index (χ0v) is 17.4. The van der Waals surface area contributed by atoms with Crippen molar-refractivity contribution in [2.24, 2.45) is 0 Å². The highest BCUT2D eigenvalue weighted by Crippen LogP contribution is 2.27. The molecular formula is C23H21N3O5. The van der Waals surface area contributed by atoms with Crippen molar-refractivity contribution >= 4 is 22.9 Å². The Bertz CT molecular complexity index is 1250. The maximum absolute atomic E-state index is 12.6. The zero-order valence-electron chi connectivity index (χ0n) is 17.4. The second-order valence-electron chi connectivity index (χ2n) is 6.95. The van der Waals surface area contributed by atoms with Crippen LogP contribution in [0.3, 0.4) is 0 Å². The fraction of sp³-hybridized carbons (Fsp3) is 0.217. The van der Waals surface area contributed by atoms with Gasteiger partial charge in [-0.2, -0.15) is 5.10 Å². The molecule has 0 bridgehead atoms. The molecule has 0 fully saturated rings. The molecule has 31 heavy (non-hydrogen) atoms. The third-order valence-corrected chi connectivity index (χ3v) is 4.72. The van der Waals surface area contributed by atoms with Gasteiger partial charge in [-0.3, -0.25) is 0 Å². The smallest absolute Gasteiger partial charge is 0.374 e. The van der Waals surface area contributed by atoms with Crippen molar-refractivity contribution < 1.29 is 23.5 Å². The van der Waals surface area contributed by atoms with E-state index >= 15 is 0 Å². The van der Waals surface area contributed by atoms with Crippen LogP contribution in [0.15, 0.2) is 53.1 Å². The van der Waals surface area contributed by atoms with Gasteiger partial charge >= 0.3 is 11.9 Å². The van der Waals surface area contributed by atoms with E-state index in [0.29, 0.717) is 22.4 Å². The molecule has 158 valence electrons. The molecule has 0 N–H and O–H groups in total. The van der Waals surface area contributed by atoms with Crippen molar-refractivity contribution in [3.8, 4) is 5.82 Å². The summed E-state index contributed by atoms with van der Waals surface area (Å²) in [7, 11) is 0. The molecule has 3 aromatic heterocycles. The number of hydrogen-bond donors (Lipinski definition) is 0. The molecule has 0 aliphatic carbocycles. The lowest BCUT2D eigenvalue weighted by atomic mass is 10.1. The van der Waals surface area contributed by atoms with Gasteiger partial charge in [0, 0.05) is 17.3 Å². The number of aromatic nitrogens is 3. The Hall–Kier alpha value is -3.94. The lowest BCUT2D eigenvalue weighted by Gasteiger charge is -2.07. The van der Waals surface area contributed by atoms with Gasteiger partial charge < -0.3 is 13.9 Å². The molecule has 0 spiro atoms. The Morgan fingerprint density at radius 3 is 2.55 bits per heavy atom. The van der Waals surface area contributed by atoms with Crippen LogP contribution in [0, 0.1) is 13.8 Å². The van der Waals surface area contributed by atoms with E-state index in [2.05, 4.69) is 10.1 Å². The second-order valence-corrected chi connectivity index (χ2v) is 6.95. The van der Waals surface area contributed by atoms with E-state index in [1.807, 2.05) is 26.0 Å². The summed E-state index contributed by atoms with van der Waals surface area (Å²) in [6.07, 6.45) is 1.44. The third-order valence-electron chi connectivity index (χ3n) is 4.72. The van der Waals surface area contributed by atoms with Crippen LogP contribution in [-0.2, 0) is 16.1 Å². The molecule has 4 aromatic rings. The van der Waals surface area contributed by atoms with Crippen molar-refractivity contribution in [3.05, 3.63) is 76.9 Å². The van der Waals surface area contributed by atoms with E-state index in [9.17, 15) is 9.59 Å². The SMILES string of the molecule is CCOC(=O)c1oc2ccccc2c1COC(=O)c1ccc(-n2nc(C)cc2C)nc1. The number of pyridine rings is 1. The number of esters is 2. The van der Waals surface area contributed by atoms with Crippen molar-refractivity contribution in [3.63, 3.8) is 0 Å². The van der Waals surface area contributed by atoms with Gasteiger partial charge in [-0.25, -0.2) is 19.3 Å². The largest absolute Gasteiger partial charge is 0.460 e. The molecule has 0 saturated heterocycles. The Labute approximate surface area is 178 Å². The molecule has 0 saturated carbocycles. The van der Waals surface area contributed by atoms with Crippen LogP contribution in [0.1, 0.15) is 44.8 Å². The van der Waals surface area contributed by atoms with Crippen LogP contribution in [0.4, 0.5) is 0 Å².